The first-order valence-corrected chi connectivity index (χ1v) is 9.96. The van der Waals surface area contributed by atoms with Gasteiger partial charge >= 0.3 is 0 Å². The Kier molecular flexibility index (Phi) is 5.20. The molecule has 0 spiro atoms. The molecule has 6 heteroatoms. The molecule has 0 saturated heterocycles. The average Bonchev–Trinajstić information content (AvgIpc) is 3.40. The number of anilines is 1. The summed E-state index contributed by atoms with van der Waals surface area (Å²) in [5, 5.41) is 2.84. The Morgan fingerprint density at radius 3 is 2.48 bits per heavy atom. The van der Waals surface area contributed by atoms with Crippen LogP contribution in [-0.4, -0.2) is 20.4 Å². The van der Waals surface area contributed by atoms with Gasteiger partial charge in [-0.15, -0.1) is 0 Å². The van der Waals surface area contributed by atoms with Crippen molar-refractivity contribution >= 4 is 21.6 Å². The molecule has 0 unspecified atom stereocenters. The smallest absolute Gasteiger partial charge is 0.240 e. The maximum atomic E-state index is 12.6. The topological polar surface area (TPSA) is 75.3 Å². The summed E-state index contributed by atoms with van der Waals surface area (Å²) in [4.78, 5) is 12.8. The highest BCUT2D eigenvalue weighted by atomic mass is 32.2. The maximum Gasteiger partial charge on any atom is 0.240 e. The largest absolute Gasteiger partial charge is 0.326 e. The first-order valence-electron chi connectivity index (χ1n) is 8.48. The third-order valence-electron chi connectivity index (χ3n) is 4.24. The van der Waals surface area contributed by atoms with Crippen molar-refractivity contribution in [2.75, 3.05) is 5.32 Å². The number of amides is 1. The number of sulfonamides is 1. The molecular weight excluding hydrogens is 336 g/mol. The number of nitrogens with one attached hydrogen (secondary N) is 2. The van der Waals surface area contributed by atoms with Gasteiger partial charge in [0.25, 0.3) is 0 Å². The molecule has 0 radical (unpaired) electrons. The minimum atomic E-state index is -3.53. The van der Waals surface area contributed by atoms with E-state index in [0.29, 0.717) is 12.1 Å². The Labute approximate surface area is 148 Å². The number of hydrogen-bond acceptors (Lipinski definition) is 3. The van der Waals surface area contributed by atoms with Crippen LogP contribution in [0.1, 0.15) is 37.7 Å². The van der Waals surface area contributed by atoms with Gasteiger partial charge in [-0.1, -0.05) is 43.3 Å². The fourth-order valence-corrected chi connectivity index (χ4v) is 4.07. The summed E-state index contributed by atoms with van der Waals surface area (Å²) in [6, 6.07) is 16.0. The van der Waals surface area contributed by atoms with Crippen molar-refractivity contribution in [1.29, 1.82) is 0 Å². The monoisotopic (exact) mass is 358 g/mol. The fraction of sp³-hybridized carbons (Fsp3) is 0.316. The molecule has 0 aromatic heterocycles. The van der Waals surface area contributed by atoms with E-state index in [1.807, 2.05) is 37.3 Å². The van der Waals surface area contributed by atoms with Crippen molar-refractivity contribution in [3.8, 4) is 0 Å². The molecule has 2 N–H and O–H groups in total. The van der Waals surface area contributed by atoms with E-state index in [0.717, 1.165) is 18.4 Å². The van der Waals surface area contributed by atoms with E-state index in [-0.39, 0.29) is 22.8 Å². The SMILES string of the molecule is CC[C@@H](C(=O)Nc1cccc(S(=O)(=O)NC2CC2)c1)c1ccccc1. The van der Waals surface area contributed by atoms with E-state index < -0.39 is 10.0 Å². The third kappa shape index (κ3) is 4.46. The Morgan fingerprint density at radius 2 is 1.84 bits per heavy atom. The summed E-state index contributed by atoms with van der Waals surface area (Å²) in [5.41, 5.74) is 1.43. The summed E-state index contributed by atoms with van der Waals surface area (Å²) in [7, 11) is -3.53. The second-order valence-corrected chi connectivity index (χ2v) is 8.00. The molecular formula is C19H22N2O3S. The summed E-state index contributed by atoms with van der Waals surface area (Å²) in [6.07, 6.45) is 2.42. The molecule has 1 saturated carbocycles. The van der Waals surface area contributed by atoms with Crippen LogP contribution in [0.25, 0.3) is 0 Å². The molecule has 1 fully saturated rings. The van der Waals surface area contributed by atoms with Gasteiger partial charge in [0, 0.05) is 11.7 Å². The van der Waals surface area contributed by atoms with Crippen molar-refractivity contribution < 1.29 is 13.2 Å². The normalized spacial score (nSPS) is 15.6. The highest BCUT2D eigenvalue weighted by Crippen LogP contribution is 2.25. The zero-order valence-corrected chi connectivity index (χ0v) is 14.9. The molecule has 3 rings (SSSR count). The lowest BCUT2D eigenvalue weighted by Gasteiger charge is -2.16. The minimum absolute atomic E-state index is 0.0470. The van der Waals surface area contributed by atoms with Crippen molar-refractivity contribution in [2.45, 2.75) is 43.0 Å². The second-order valence-electron chi connectivity index (χ2n) is 6.28. The van der Waals surface area contributed by atoms with Gasteiger partial charge in [-0.05, 0) is 43.0 Å². The molecule has 1 aliphatic rings. The third-order valence-corrected chi connectivity index (χ3v) is 5.76. The number of rotatable bonds is 7. The average molecular weight is 358 g/mol. The molecule has 2 aromatic rings. The van der Waals surface area contributed by atoms with E-state index >= 15 is 0 Å². The Morgan fingerprint density at radius 1 is 1.12 bits per heavy atom. The van der Waals surface area contributed by atoms with Crippen LogP contribution in [0.3, 0.4) is 0 Å². The predicted molar refractivity (Wildman–Crippen MR) is 97.9 cm³/mol. The van der Waals surface area contributed by atoms with Crippen LogP contribution in [0.5, 0.6) is 0 Å². The van der Waals surface area contributed by atoms with Gasteiger partial charge < -0.3 is 5.32 Å². The predicted octanol–water partition coefficient (Wildman–Crippen LogP) is 3.26. The molecule has 132 valence electrons. The Hall–Kier alpha value is -2.18. The van der Waals surface area contributed by atoms with Crippen LogP contribution in [0.2, 0.25) is 0 Å². The standard InChI is InChI=1S/C19H22N2O3S/c1-2-18(14-7-4-3-5-8-14)19(22)20-16-9-6-10-17(13-16)25(23,24)21-15-11-12-15/h3-10,13,15,18,21H,2,11-12H2,1H3,(H,20,22)/t18-/m1/s1. The van der Waals surface area contributed by atoms with Crippen molar-refractivity contribution in [3.05, 3.63) is 60.2 Å². The molecule has 1 atom stereocenters. The van der Waals surface area contributed by atoms with Crippen LogP contribution in [0.15, 0.2) is 59.5 Å². The van der Waals surface area contributed by atoms with Crippen molar-refractivity contribution in [3.63, 3.8) is 0 Å². The Balaban J connectivity index is 1.76. The van der Waals surface area contributed by atoms with E-state index in [2.05, 4.69) is 10.0 Å². The summed E-state index contributed by atoms with van der Waals surface area (Å²) < 4.78 is 27.3. The molecule has 0 heterocycles. The first-order chi connectivity index (χ1) is 12.0. The first kappa shape index (κ1) is 17.6. The summed E-state index contributed by atoms with van der Waals surface area (Å²) in [6.45, 7) is 1.96. The van der Waals surface area contributed by atoms with E-state index in [1.165, 1.54) is 12.1 Å². The zero-order chi connectivity index (χ0) is 17.9. The van der Waals surface area contributed by atoms with Gasteiger partial charge in [0.05, 0.1) is 10.8 Å². The van der Waals surface area contributed by atoms with Gasteiger partial charge in [-0.25, -0.2) is 13.1 Å². The zero-order valence-electron chi connectivity index (χ0n) is 14.1. The van der Waals surface area contributed by atoms with Crippen LogP contribution in [0, 0.1) is 0 Å². The number of hydrogen-bond donors (Lipinski definition) is 2. The molecule has 1 amide bonds. The van der Waals surface area contributed by atoms with E-state index in [4.69, 9.17) is 0 Å². The lowest BCUT2D eigenvalue weighted by atomic mass is 9.95. The van der Waals surface area contributed by atoms with E-state index in [9.17, 15) is 13.2 Å². The van der Waals surface area contributed by atoms with Crippen LogP contribution in [0.4, 0.5) is 5.69 Å². The van der Waals surface area contributed by atoms with Gasteiger partial charge in [-0.2, -0.15) is 0 Å². The van der Waals surface area contributed by atoms with Crippen LogP contribution in [-0.2, 0) is 14.8 Å². The molecule has 0 bridgehead atoms. The lowest BCUT2D eigenvalue weighted by Crippen LogP contribution is -2.26. The quantitative estimate of drug-likeness (QED) is 0.798. The number of benzene rings is 2. The van der Waals surface area contributed by atoms with Crippen LogP contribution < -0.4 is 10.0 Å². The maximum absolute atomic E-state index is 12.6. The number of carbonyl (C=O) groups excluding carboxylic acids is 1. The van der Waals surface area contributed by atoms with Crippen LogP contribution >= 0.6 is 0 Å². The molecule has 1 aliphatic carbocycles. The summed E-state index contributed by atoms with van der Waals surface area (Å²) in [5.74, 6) is -0.413. The highest BCUT2D eigenvalue weighted by Gasteiger charge is 2.28. The lowest BCUT2D eigenvalue weighted by molar-refractivity contribution is -0.117. The molecule has 2 aromatic carbocycles. The summed E-state index contributed by atoms with van der Waals surface area (Å²) >= 11 is 0. The molecule has 5 nitrogen and oxygen atoms in total. The van der Waals surface area contributed by atoms with Gasteiger partial charge in [0.15, 0.2) is 0 Å². The Bertz CT molecular complexity index is 846. The number of carbonyl (C=O) groups is 1. The van der Waals surface area contributed by atoms with E-state index in [1.54, 1.807) is 12.1 Å². The highest BCUT2D eigenvalue weighted by molar-refractivity contribution is 7.89. The van der Waals surface area contributed by atoms with Crippen molar-refractivity contribution in [2.24, 2.45) is 0 Å². The van der Waals surface area contributed by atoms with Gasteiger partial charge in [-0.3, -0.25) is 4.79 Å². The molecule has 25 heavy (non-hydrogen) atoms. The second kappa shape index (κ2) is 7.37. The van der Waals surface area contributed by atoms with Gasteiger partial charge in [0.2, 0.25) is 15.9 Å². The van der Waals surface area contributed by atoms with Crippen molar-refractivity contribution in [1.82, 2.24) is 4.72 Å². The fourth-order valence-electron chi connectivity index (χ4n) is 2.72. The molecule has 0 aliphatic heterocycles. The van der Waals surface area contributed by atoms with Gasteiger partial charge in [0.1, 0.15) is 0 Å². The minimum Gasteiger partial charge on any atom is -0.326 e.